The Kier molecular flexibility index (Phi) is 5.97. The van der Waals surface area contributed by atoms with Gasteiger partial charge in [0.2, 0.25) is 10.0 Å². The van der Waals surface area contributed by atoms with Crippen LogP contribution in [0.25, 0.3) is 0 Å². The standard InChI is InChI=1S/C21H22IN5O2S2/c1-12-17(18(22)13(2)24-12)20-19(16-6-4-5-11-23-16)25-21(30)27(20)15-9-7-14(8-10-15)26-31(3,28)29/h4-11,19-20,24,26H,1-3H3,(H,25,30)/t19-,20+/m0/s1. The molecular weight excluding hydrogens is 545 g/mol. The number of nitrogens with one attached hydrogen (secondary N) is 3. The summed E-state index contributed by atoms with van der Waals surface area (Å²) in [6.45, 7) is 4.13. The second-order valence-corrected chi connectivity index (χ2v) is 10.7. The molecular formula is C21H22IN5O2S2. The molecule has 1 fully saturated rings. The zero-order valence-corrected chi connectivity index (χ0v) is 21.0. The van der Waals surface area contributed by atoms with Crippen molar-refractivity contribution < 1.29 is 8.42 Å². The molecule has 3 N–H and O–H groups in total. The molecule has 0 bridgehead atoms. The van der Waals surface area contributed by atoms with Gasteiger partial charge in [-0.05, 0) is 85.1 Å². The minimum absolute atomic E-state index is 0.118. The van der Waals surface area contributed by atoms with E-state index in [1.807, 2.05) is 30.3 Å². The maximum absolute atomic E-state index is 11.5. The van der Waals surface area contributed by atoms with E-state index in [2.05, 4.69) is 61.3 Å². The first-order valence-electron chi connectivity index (χ1n) is 9.59. The van der Waals surface area contributed by atoms with E-state index in [9.17, 15) is 8.42 Å². The van der Waals surface area contributed by atoms with Crippen molar-refractivity contribution in [3.05, 3.63) is 74.9 Å². The predicted molar refractivity (Wildman–Crippen MR) is 136 cm³/mol. The van der Waals surface area contributed by atoms with Crippen molar-refractivity contribution in [3.63, 3.8) is 0 Å². The van der Waals surface area contributed by atoms with E-state index in [0.29, 0.717) is 10.8 Å². The van der Waals surface area contributed by atoms with Crippen LogP contribution in [0.3, 0.4) is 0 Å². The van der Waals surface area contributed by atoms with Crippen molar-refractivity contribution in [1.29, 1.82) is 0 Å². The second-order valence-electron chi connectivity index (χ2n) is 7.52. The number of halogens is 1. The van der Waals surface area contributed by atoms with Crippen molar-refractivity contribution in [2.24, 2.45) is 0 Å². The number of H-pyrrole nitrogens is 1. The van der Waals surface area contributed by atoms with Crippen LogP contribution in [0.2, 0.25) is 0 Å². The van der Waals surface area contributed by atoms with Gasteiger partial charge in [0.1, 0.15) is 0 Å². The van der Waals surface area contributed by atoms with Crippen molar-refractivity contribution in [1.82, 2.24) is 15.3 Å². The molecule has 0 spiro atoms. The summed E-state index contributed by atoms with van der Waals surface area (Å²) in [6, 6.07) is 12.8. The van der Waals surface area contributed by atoms with Crippen LogP contribution in [0, 0.1) is 17.4 Å². The molecule has 0 saturated carbocycles. The van der Waals surface area contributed by atoms with E-state index in [0.717, 1.165) is 32.6 Å². The molecule has 3 aromatic rings. The fraction of sp³-hybridized carbons (Fsp3) is 0.238. The topological polar surface area (TPSA) is 90.1 Å². The number of rotatable bonds is 5. The Morgan fingerprint density at radius 2 is 1.84 bits per heavy atom. The van der Waals surface area contributed by atoms with E-state index in [4.69, 9.17) is 12.2 Å². The van der Waals surface area contributed by atoms with Gasteiger partial charge in [0.25, 0.3) is 0 Å². The third kappa shape index (κ3) is 4.41. The number of hydrogen-bond acceptors (Lipinski definition) is 4. The molecule has 1 saturated heterocycles. The molecule has 7 nitrogen and oxygen atoms in total. The molecule has 1 aliphatic heterocycles. The SMILES string of the molecule is Cc1[nH]c(C)c([C@@H]2[C@H](c3ccccn3)NC(=S)N2c2ccc(NS(C)(=O)=O)cc2)c1I. The number of aromatic amines is 1. The Labute approximate surface area is 200 Å². The molecule has 0 amide bonds. The van der Waals surface area contributed by atoms with Gasteiger partial charge >= 0.3 is 0 Å². The summed E-state index contributed by atoms with van der Waals surface area (Å²) in [5, 5.41) is 4.05. The zero-order valence-electron chi connectivity index (χ0n) is 17.2. The molecule has 1 aliphatic rings. The van der Waals surface area contributed by atoms with Gasteiger partial charge in [-0.2, -0.15) is 0 Å². The van der Waals surface area contributed by atoms with Crippen LogP contribution >= 0.6 is 34.8 Å². The number of thiocarbonyl (C=S) groups is 1. The molecule has 3 heterocycles. The van der Waals surface area contributed by atoms with Gasteiger partial charge in [0, 0.05) is 38.1 Å². The Balaban J connectivity index is 1.81. The van der Waals surface area contributed by atoms with Gasteiger partial charge in [0.05, 0.1) is 24.0 Å². The van der Waals surface area contributed by atoms with Crippen LogP contribution in [-0.4, -0.2) is 29.8 Å². The van der Waals surface area contributed by atoms with Crippen molar-refractivity contribution in [2.45, 2.75) is 25.9 Å². The van der Waals surface area contributed by atoms with E-state index >= 15 is 0 Å². The van der Waals surface area contributed by atoms with Crippen LogP contribution in [0.5, 0.6) is 0 Å². The number of benzene rings is 1. The maximum Gasteiger partial charge on any atom is 0.229 e. The maximum atomic E-state index is 11.5. The van der Waals surface area contributed by atoms with Crippen LogP contribution in [0.15, 0.2) is 48.7 Å². The van der Waals surface area contributed by atoms with Crippen LogP contribution < -0.4 is 14.9 Å². The van der Waals surface area contributed by atoms with Gasteiger partial charge < -0.3 is 15.2 Å². The number of sulfonamides is 1. The lowest BCUT2D eigenvalue weighted by Crippen LogP contribution is -2.29. The Hall–Kier alpha value is -2.18. The third-order valence-corrected chi connectivity index (χ3v) is 7.50. The normalized spacial score (nSPS) is 18.8. The van der Waals surface area contributed by atoms with Gasteiger partial charge in [-0.15, -0.1) is 0 Å². The largest absolute Gasteiger partial charge is 0.362 e. The smallest absolute Gasteiger partial charge is 0.229 e. The number of aromatic nitrogens is 2. The zero-order chi connectivity index (χ0) is 22.3. The Bertz CT molecular complexity index is 1230. The van der Waals surface area contributed by atoms with Crippen molar-refractivity contribution >= 4 is 61.3 Å². The number of aryl methyl sites for hydroxylation is 2. The molecule has 162 valence electrons. The van der Waals surface area contributed by atoms with E-state index in [1.165, 1.54) is 5.56 Å². The minimum Gasteiger partial charge on any atom is -0.362 e. The highest BCUT2D eigenvalue weighted by atomic mass is 127. The fourth-order valence-electron chi connectivity index (χ4n) is 3.95. The summed E-state index contributed by atoms with van der Waals surface area (Å²) in [6.07, 6.45) is 2.92. The highest BCUT2D eigenvalue weighted by Crippen LogP contribution is 2.44. The lowest BCUT2D eigenvalue weighted by Gasteiger charge is -2.28. The van der Waals surface area contributed by atoms with Crippen molar-refractivity contribution in [2.75, 3.05) is 15.9 Å². The second kappa shape index (κ2) is 8.40. The average Bonchev–Trinajstić information content (AvgIpc) is 3.17. The highest BCUT2D eigenvalue weighted by molar-refractivity contribution is 14.1. The van der Waals surface area contributed by atoms with E-state index < -0.39 is 10.0 Å². The average molecular weight is 567 g/mol. The van der Waals surface area contributed by atoms with Crippen molar-refractivity contribution in [3.8, 4) is 0 Å². The van der Waals surface area contributed by atoms with Gasteiger partial charge in [-0.3, -0.25) is 9.71 Å². The molecule has 1 aromatic carbocycles. The van der Waals surface area contributed by atoms with Crippen LogP contribution in [0.4, 0.5) is 11.4 Å². The number of hydrogen-bond donors (Lipinski definition) is 3. The monoisotopic (exact) mass is 567 g/mol. The van der Waals surface area contributed by atoms with E-state index in [1.54, 1.807) is 18.3 Å². The van der Waals surface area contributed by atoms with Gasteiger partial charge in [0.15, 0.2) is 5.11 Å². The van der Waals surface area contributed by atoms with Gasteiger partial charge in [-0.25, -0.2) is 8.42 Å². The molecule has 0 radical (unpaired) electrons. The molecule has 2 atom stereocenters. The molecule has 2 aromatic heterocycles. The summed E-state index contributed by atoms with van der Waals surface area (Å²) in [4.78, 5) is 10.1. The summed E-state index contributed by atoms with van der Waals surface area (Å²) in [7, 11) is -3.34. The lowest BCUT2D eigenvalue weighted by molar-refractivity contribution is 0.564. The van der Waals surface area contributed by atoms with Crippen LogP contribution in [-0.2, 0) is 10.0 Å². The molecule has 0 aliphatic carbocycles. The Morgan fingerprint density at radius 3 is 2.39 bits per heavy atom. The predicted octanol–water partition coefficient (Wildman–Crippen LogP) is 4.18. The number of pyridine rings is 1. The first-order chi connectivity index (χ1) is 14.7. The van der Waals surface area contributed by atoms with E-state index in [-0.39, 0.29) is 12.1 Å². The quantitative estimate of drug-likeness (QED) is 0.317. The first kappa shape index (κ1) is 22.0. The third-order valence-electron chi connectivity index (χ3n) is 5.19. The molecule has 31 heavy (non-hydrogen) atoms. The number of anilines is 2. The number of nitrogens with zero attached hydrogens (tertiary/aromatic N) is 2. The first-order valence-corrected chi connectivity index (χ1v) is 13.0. The van der Waals surface area contributed by atoms with Crippen LogP contribution in [0.1, 0.15) is 34.7 Å². The lowest BCUT2D eigenvalue weighted by atomic mass is 9.96. The molecule has 0 unspecified atom stereocenters. The summed E-state index contributed by atoms with van der Waals surface area (Å²) >= 11 is 8.13. The summed E-state index contributed by atoms with van der Waals surface area (Å²) in [5.41, 5.74) is 5.64. The Morgan fingerprint density at radius 1 is 1.13 bits per heavy atom. The van der Waals surface area contributed by atoms with Gasteiger partial charge in [-0.1, -0.05) is 6.07 Å². The highest BCUT2D eigenvalue weighted by Gasteiger charge is 2.42. The molecule has 4 rings (SSSR count). The molecule has 10 heteroatoms. The summed E-state index contributed by atoms with van der Waals surface area (Å²) in [5.74, 6) is 0. The summed E-state index contributed by atoms with van der Waals surface area (Å²) < 4.78 is 26.7. The fourth-order valence-corrected chi connectivity index (χ4v) is 5.72. The minimum atomic E-state index is -3.34.